The Bertz CT molecular complexity index is 1530. The number of allylic oxidation sites excluding steroid dienone is 1. The van der Waals surface area contributed by atoms with Gasteiger partial charge in [0.2, 0.25) is 11.8 Å². The number of carboxylic acids is 1. The number of rotatable bonds is 5. The molecular formula is C31H32Cl2N4O5S. The van der Waals surface area contributed by atoms with E-state index < -0.39 is 35.6 Å². The number of benzene rings is 2. The van der Waals surface area contributed by atoms with Gasteiger partial charge < -0.3 is 25.4 Å². The first kappa shape index (κ1) is 29.7. The van der Waals surface area contributed by atoms with Gasteiger partial charge in [0.05, 0.1) is 16.8 Å². The molecule has 5 atom stereocenters. The van der Waals surface area contributed by atoms with E-state index in [0.29, 0.717) is 33.8 Å². The summed E-state index contributed by atoms with van der Waals surface area (Å²) in [4.78, 5) is 46.5. The fraction of sp³-hybridized carbons (Fsp3) is 0.419. The predicted octanol–water partition coefficient (Wildman–Crippen LogP) is 5.91. The molecule has 12 heteroatoms. The van der Waals surface area contributed by atoms with Gasteiger partial charge in [-0.1, -0.05) is 71.7 Å². The van der Waals surface area contributed by atoms with Crippen molar-refractivity contribution in [3.8, 4) is 5.19 Å². The fourth-order valence-electron chi connectivity index (χ4n) is 6.03. The summed E-state index contributed by atoms with van der Waals surface area (Å²) >= 11 is 13.9. The van der Waals surface area contributed by atoms with Gasteiger partial charge in [-0.05, 0) is 56.0 Å². The molecule has 2 amide bonds. The number of thiazole rings is 1. The molecule has 43 heavy (non-hydrogen) atoms. The van der Waals surface area contributed by atoms with Crippen molar-refractivity contribution in [3.05, 3.63) is 64.7 Å². The van der Waals surface area contributed by atoms with Crippen molar-refractivity contribution < 1.29 is 24.2 Å². The van der Waals surface area contributed by atoms with E-state index in [4.69, 9.17) is 27.9 Å². The van der Waals surface area contributed by atoms with E-state index in [2.05, 4.69) is 15.6 Å². The zero-order valence-electron chi connectivity index (χ0n) is 23.3. The maximum absolute atomic E-state index is 14.2. The van der Waals surface area contributed by atoms with Crippen LogP contribution in [-0.2, 0) is 14.4 Å². The zero-order valence-corrected chi connectivity index (χ0v) is 25.6. The van der Waals surface area contributed by atoms with Crippen LogP contribution in [0.5, 0.6) is 5.19 Å². The molecule has 1 saturated carbocycles. The second-order valence-corrected chi connectivity index (χ2v) is 13.3. The number of nitrogens with zero attached hydrogens (tertiary/aromatic N) is 2. The average Bonchev–Trinajstić information content (AvgIpc) is 3.28. The maximum atomic E-state index is 14.2. The van der Waals surface area contributed by atoms with Crippen LogP contribution in [0.15, 0.2) is 54.6 Å². The van der Waals surface area contributed by atoms with Gasteiger partial charge in [0.1, 0.15) is 23.7 Å². The molecule has 0 spiro atoms. The van der Waals surface area contributed by atoms with Crippen molar-refractivity contribution >= 4 is 68.2 Å². The Hall–Kier alpha value is -3.34. The Morgan fingerprint density at radius 2 is 1.93 bits per heavy atom. The third kappa shape index (κ3) is 6.46. The van der Waals surface area contributed by atoms with Gasteiger partial charge in [0, 0.05) is 28.1 Å². The first-order chi connectivity index (χ1) is 20.7. The lowest BCUT2D eigenvalue weighted by atomic mass is 10.0. The molecule has 3 heterocycles. The van der Waals surface area contributed by atoms with E-state index in [1.165, 1.54) is 16.2 Å². The largest absolute Gasteiger partial charge is 0.479 e. The van der Waals surface area contributed by atoms with Gasteiger partial charge in [-0.25, -0.2) is 9.78 Å². The van der Waals surface area contributed by atoms with E-state index >= 15 is 0 Å². The lowest BCUT2D eigenvalue weighted by Crippen LogP contribution is -2.55. The number of aliphatic carboxylic acids is 1. The van der Waals surface area contributed by atoms with Crippen LogP contribution >= 0.6 is 34.5 Å². The van der Waals surface area contributed by atoms with Gasteiger partial charge >= 0.3 is 5.97 Å². The number of carbonyl (C=O) groups is 3. The normalized spacial score (nSPS) is 27.9. The Kier molecular flexibility index (Phi) is 8.53. The van der Waals surface area contributed by atoms with Gasteiger partial charge in [0.15, 0.2) is 0 Å². The number of fused-ring (bicyclic) bond motifs is 3. The molecule has 2 aliphatic heterocycles. The van der Waals surface area contributed by atoms with Crippen molar-refractivity contribution in [2.75, 3.05) is 11.9 Å². The first-order valence-electron chi connectivity index (χ1n) is 14.5. The topological polar surface area (TPSA) is 121 Å². The molecule has 6 rings (SSSR count). The summed E-state index contributed by atoms with van der Waals surface area (Å²) < 4.78 is 7.22. The number of aromatic nitrogens is 1. The van der Waals surface area contributed by atoms with Crippen LogP contribution in [0.2, 0.25) is 10.0 Å². The standard InChI is InChI=1S/C31H32Cl2N4O5S/c32-19-12-20(33)14-21(13-19)34-24-10-5-3-1-2-4-8-18-16-31(18,29(40)41)36-27(38)25-15-22(17-37(25)28(24)39)42-30-35-23-9-6-7-11-26(23)43-30/h4,6-9,11-14,18,22,24-25,34H,1-3,5,10,15-17H2,(H,36,38)(H,40,41)/t18-,22-,24+,25+,31-/m1/s1. The lowest BCUT2D eigenvalue weighted by molar-refractivity contribution is -0.145. The number of ether oxygens (including phenoxy) is 1. The van der Waals surface area contributed by atoms with Gasteiger partial charge in [-0.15, -0.1) is 0 Å². The van der Waals surface area contributed by atoms with Crippen molar-refractivity contribution in [2.24, 2.45) is 5.92 Å². The smallest absolute Gasteiger partial charge is 0.330 e. The second-order valence-electron chi connectivity index (χ2n) is 11.4. The number of nitrogens with one attached hydrogen (secondary N) is 2. The summed E-state index contributed by atoms with van der Waals surface area (Å²) in [5, 5.41) is 17.5. The molecule has 3 aliphatic rings. The molecule has 1 saturated heterocycles. The van der Waals surface area contributed by atoms with Crippen LogP contribution in [0.25, 0.3) is 10.2 Å². The van der Waals surface area contributed by atoms with Crippen molar-refractivity contribution in [2.45, 2.75) is 68.7 Å². The summed E-state index contributed by atoms with van der Waals surface area (Å²) in [6.07, 6.45) is 7.83. The van der Waals surface area contributed by atoms with Gasteiger partial charge in [-0.3, -0.25) is 9.59 Å². The fourth-order valence-corrected chi connectivity index (χ4v) is 7.44. The monoisotopic (exact) mass is 642 g/mol. The Morgan fingerprint density at radius 1 is 1.14 bits per heavy atom. The molecule has 2 aromatic carbocycles. The van der Waals surface area contributed by atoms with Crippen molar-refractivity contribution in [1.29, 1.82) is 0 Å². The second kappa shape index (κ2) is 12.3. The highest BCUT2D eigenvalue weighted by Crippen LogP contribution is 2.45. The number of hydrogen-bond acceptors (Lipinski definition) is 7. The predicted molar refractivity (Wildman–Crippen MR) is 167 cm³/mol. The number of anilines is 1. The minimum absolute atomic E-state index is 0.157. The van der Waals surface area contributed by atoms with E-state index in [-0.39, 0.29) is 24.8 Å². The number of halogens is 2. The third-order valence-corrected chi connectivity index (χ3v) is 9.73. The van der Waals surface area contributed by atoms with E-state index in [9.17, 15) is 19.5 Å². The molecule has 0 radical (unpaired) electrons. The van der Waals surface area contributed by atoms with Crippen molar-refractivity contribution in [3.63, 3.8) is 0 Å². The van der Waals surface area contributed by atoms with Gasteiger partial charge in [-0.2, -0.15) is 0 Å². The quantitative estimate of drug-likeness (QED) is 0.296. The van der Waals surface area contributed by atoms with Crippen LogP contribution in [-0.4, -0.2) is 63.0 Å². The van der Waals surface area contributed by atoms with Gasteiger partial charge in [0.25, 0.3) is 5.19 Å². The Labute approximate surface area is 263 Å². The summed E-state index contributed by atoms with van der Waals surface area (Å²) in [7, 11) is 0. The Balaban J connectivity index is 1.30. The molecule has 1 aromatic heterocycles. The highest BCUT2D eigenvalue weighted by atomic mass is 35.5. The highest BCUT2D eigenvalue weighted by Gasteiger charge is 2.61. The first-order valence-corrected chi connectivity index (χ1v) is 16.1. The minimum Gasteiger partial charge on any atom is -0.479 e. The molecule has 3 aromatic rings. The summed E-state index contributed by atoms with van der Waals surface area (Å²) in [5.41, 5.74) is 0.0403. The Morgan fingerprint density at radius 3 is 2.70 bits per heavy atom. The third-order valence-electron chi connectivity index (χ3n) is 8.37. The van der Waals surface area contributed by atoms with Crippen LogP contribution in [0.4, 0.5) is 5.69 Å². The maximum Gasteiger partial charge on any atom is 0.330 e. The molecule has 226 valence electrons. The SMILES string of the molecule is O=C1N[C@]2(C(=O)O)C[C@H]2C=CCCCCC[C@H](Nc2cc(Cl)cc(Cl)c2)C(=O)N2C[C@H](Oc3nc4ccccc4s3)C[C@@H]12. The molecule has 0 bridgehead atoms. The summed E-state index contributed by atoms with van der Waals surface area (Å²) in [6, 6.07) is 11.2. The lowest BCUT2D eigenvalue weighted by Gasteiger charge is -2.30. The average molecular weight is 644 g/mol. The van der Waals surface area contributed by atoms with E-state index in [0.717, 1.165) is 35.9 Å². The number of amides is 2. The summed E-state index contributed by atoms with van der Waals surface area (Å²) in [5.74, 6) is -2.13. The van der Waals surface area contributed by atoms with Crippen molar-refractivity contribution in [1.82, 2.24) is 15.2 Å². The number of hydrogen-bond donors (Lipinski definition) is 3. The molecule has 2 fully saturated rings. The van der Waals surface area contributed by atoms with Crippen LogP contribution < -0.4 is 15.4 Å². The summed E-state index contributed by atoms with van der Waals surface area (Å²) in [6.45, 7) is 0.157. The van der Waals surface area contributed by atoms with Crippen LogP contribution in [0.3, 0.4) is 0 Å². The molecular weight excluding hydrogens is 611 g/mol. The molecule has 0 unspecified atom stereocenters. The minimum atomic E-state index is -1.37. The molecule has 1 aliphatic carbocycles. The molecule has 9 nitrogen and oxygen atoms in total. The molecule has 3 N–H and O–H groups in total. The highest BCUT2D eigenvalue weighted by molar-refractivity contribution is 7.20. The number of carbonyl (C=O) groups excluding carboxylic acids is 2. The van der Waals surface area contributed by atoms with E-state index in [1.54, 1.807) is 18.2 Å². The zero-order chi connectivity index (χ0) is 30.1. The number of para-hydroxylation sites is 1. The number of carboxylic acid groups (broad SMARTS) is 1. The van der Waals surface area contributed by atoms with E-state index in [1.807, 2.05) is 36.4 Å². The van der Waals surface area contributed by atoms with Crippen LogP contribution in [0.1, 0.15) is 44.9 Å². The van der Waals surface area contributed by atoms with Crippen LogP contribution in [0, 0.1) is 5.92 Å².